The Morgan fingerprint density at radius 2 is 1.77 bits per heavy atom. The van der Waals surface area contributed by atoms with Crippen molar-refractivity contribution in [3.63, 3.8) is 0 Å². The fraction of sp³-hybridized carbons (Fsp3) is 0.185. The van der Waals surface area contributed by atoms with Crippen molar-refractivity contribution in [1.82, 2.24) is 15.5 Å². The minimum atomic E-state index is -0.214. The molecule has 0 radical (unpaired) electrons. The molecule has 4 aromatic rings. The molecular weight excluding hydrogens is 460 g/mol. The molecular formula is C27H26N4O3S. The number of pyridine rings is 1. The van der Waals surface area contributed by atoms with Gasteiger partial charge in [-0.15, -0.1) is 11.8 Å². The van der Waals surface area contributed by atoms with E-state index in [2.05, 4.69) is 20.8 Å². The Labute approximate surface area is 208 Å². The monoisotopic (exact) mass is 486 g/mol. The molecule has 7 nitrogen and oxygen atoms in total. The molecule has 178 valence electrons. The van der Waals surface area contributed by atoms with E-state index in [1.54, 1.807) is 30.5 Å². The molecule has 0 unspecified atom stereocenters. The number of nitrogens with zero attached hydrogens (tertiary/aromatic N) is 2. The van der Waals surface area contributed by atoms with E-state index >= 15 is 0 Å². The molecule has 0 bridgehead atoms. The lowest BCUT2D eigenvalue weighted by Crippen LogP contribution is -2.23. The lowest BCUT2D eigenvalue weighted by Gasteiger charge is -2.11. The van der Waals surface area contributed by atoms with Crippen LogP contribution in [0.4, 0.5) is 5.69 Å². The summed E-state index contributed by atoms with van der Waals surface area (Å²) in [4.78, 5) is 29.9. The fourth-order valence-corrected chi connectivity index (χ4v) is 4.62. The third-order valence-corrected chi connectivity index (χ3v) is 6.53. The SMILES string of the molecule is Cc1ccc(C(=O)Nc2cccc(CNC(=O)c3cccnc3SCc3c(C)noc3C)c2)cc1. The molecule has 35 heavy (non-hydrogen) atoms. The summed E-state index contributed by atoms with van der Waals surface area (Å²) in [7, 11) is 0. The standard InChI is InChI=1S/C27H26N4O3S/c1-17-9-11-21(12-10-17)25(32)30-22-7-4-6-20(14-22)15-29-26(33)23-8-5-13-28-27(23)35-16-24-18(2)31-34-19(24)3/h4-14H,15-16H2,1-3H3,(H,29,33)(H,30,32). The van der Waals surface area contributed by atoms with Crippen molar-refractivity contribution in [3.8, 4) is 0 Å². The Morgan fingerprint density at radius 1 is 0.971 bits per heavy atom. The minimum Gasteiger partial charge on any atom is -0.361 e. The molecule has 2 heterocycles. The molecule has 2 aromatic carbocycles. The summed E-state index contributed by atoms with van der Waals surface area (Å²) in [5.41, 5.74) is 5.58. The maximum Gasteiger partial charge on any atom is 0.255 e. The summed E-state index contributed by atoms with van der Waals surface area (Å²) >= 11 is 1.47. The second-order valence-electron chi connectivity index (χ2n) is 8.15. The largest absolute Gasteiger partial charge is 0.361 e. The van der Waals surface area contributed by atoms with Gasteiger partial charge < -0.3 is 15.2 Å². The summed E-state index contributed by atoms with van der Waals surface area (Å²) < 4.78 is 5.22. The van der Waals surface area contributed by atoms with Crippen molar-refractivity contribution in [1.29, 1.82) is 0 Å². The van der Waals surface area contributed by atoms with Crippen LogP contribution in [0.25, 0.3) is 0 Å². The number of anilines is 1. The highest BCUT2D eigenvalue weighted by molar-refractivity contribution is 7.98. The molecule has 8 heteroatoms. The fourth-order valence-electron chi connectivity index (χ4n) is 3.47. The Morgan fingerprint density at radius 3 is 2.51 bits per heavy atom. The van der Waals surface area contributed by atoms with Crippen molar-refractivity contribution in [2.45, 2.75) is 38.1 Å². The highest BCUT2D eigenvalue weighted by atomic mass is 32.2. The van der Waals surface area contributed by atoms with Crippen LogP contribution in [-0.2, 0) is 12.3 Å². The van der Waals surface area contributed by atoms with Crippen LogP contribution in [0.2, 0.25) is 0 Å². The van der Waals surface area contributed by atoms with Crippen LogP contribution in [0.5, 0.6) is 0 Å². The summed E-state index contributed by atoms with van der Waals surface area (Å²) in [6, 6.07) is 18.3. The Balaban J connectivity index is 1.38. The highest BCUT2D eigenvalue weighted by Gasteiger charge is 2.15. The second-order valence-corrected chi connectivity index (χ2v) is 9.11. The van der Waals surface area contributed by atoms with E-state index in [1.165, 1.54) is 11.8 Å². The van der Waals surface area contributed by atoms with Gasteiger partial charge in [0.1, 0.15) is 10.8 Å². The number of carbonyl (C=O) groups is 2. The number of thioether (sulfide) groups is 1. The first kappa shape index (κ1) is 24.2. The van der Waals surface area contributed by atoms with Crippen LogP contribution in [0.1, 0.15) is 48.9 Å². The maximum atomic E-state index is 12.9. The number of nitrogens with one attached hydrogen (secondary N) is 2. The molecule has 0 saturated heterocycles. The summed E-state index contributed by atoms with van der Waals surface area (Å²) in [5, 5.41) is 10.5. The van der Waals surface area contributed by atoms with Crippen LogP contribution in [0, 0.1) is 20.8 Å². The van der Waals surface area contributed by atoms with Crippen LogP contribution in [0.15, 0.2) is 76.4 Å². The lowest BCUT2D eigenvalue weighted by molar-refractivity contribution is 0.0946. The van der Waals surface area contributed by atoms with Crippen LogP contribution in [-0.4, -0.2) is 22.0 Å². The summed E-state index contributed by atoms with van der Waals surface area (Å²) in [5.74, 6) is 0.988. The molecule has 0 fully saturated rings. The molecule has 0 atom stereocenters. The Kier molecular flexibility index (Phi) is 7.62. The zero-order valence-corrected chi connectivity index (χ0v) is 20.6. The van der Waals surface area contributed by atoms with Gasteiger partial charge in [0.05, 0.1) is 11.3 Å². The molecule has 0 aliphatic rings. The molecule has 0 saturated carbocycles. The van der Waals surface area contributed by atoms with Crippen molar-refractivity contribution in [3.05, 3.63) is 106 Å². The minimum absolute atomic E-state index is 0.179. The van der Waals surface area contributed by atoms with E-state index in [1.807, 2.05) is 57.2 Å². The smallest absolute Gasteiger partial charge is 0.255 e. The number of aryl methyl sites for hydroxylation is 3. The normalized spacial score (nSPS) is 10.7. The van der Waals surface area contributed by atoms with Crippen molar-refractivity contribution >= 4 is 29.3 Å². The molecule has 2 aromatic heterocycles. The molecule has 0 aliphatic heterocycles. The van der Waals surface area contributed by atoms with Crippen LogP contribution in [0.3, 0.4) is 0 Å². The first-order valence-electron chi connectivity index (χ1n) is 11.2. The summed E-state index contributed by atoms with van der Waals surface area (Å²) in [6.07, 6.45) is 1.67. The number of hydrogen-bond donors (Lipinski definition) is 2. The first-order valence-corrected chi connectivity index (χ1v) is 12.1. The molecule has 4 rings (SSSR count). The number of benzene rings is 2. The summed E-state index contributed by atoms with van der Waals surface area (Å²) in [6.45, 7) is 6.07. The topological polar surface area (TPSA) is 97.1 Å². The number of aromatic nitrogens is 2. The molecule has 2 N–H and O–H groups in total. The van der Waals surface area contributed by atoms with E-state index in [0.29, 0.717) is 34.1 Å². The zero-order valence-electron chi connectivity index (χ0n) is 19.8. The molecule has 0 aliphatic carbocycles. The third-order valence-electron chi connectivity index (χ3n) is 5.50. The van der Waals surface area contributed by atoms with E-state index in [-0.39, 0.29) is 11.8 Å². The number of carbonyl (C=O) groups excluding carboxylic acids is 2. The zero-order chi connectivity index (χ0) is 24.8. The van der Waals surface area contributed by atoms with Gasteiger partial charge in [0.2, 0.25) is 0 Å². The molecule has 0 spiro atoms. The number of rotatable bonds is 8. The van der Waals surface area contributed by atoms with Gasteiger partial charge in [-0.05, 0) is 62.7 Å². The number of amides is 2. The van der Waals surface area contributed by atoms with Crippen LogP contribution >= 0.6 is 11.8 Å². The van der Waals surface area contributed by atoms with Crippen molar-refractivity contribution in [2.75, 3.05) is 5.32 Å². The van der Waals surface area contributed by atoms with Gasteiger partial charge in [0.15, 0.2) is 0 Å². The van der Waals surface area contributed by atoms with Crippen LogP contribution < -0.4 is 10.6 Å². The predicted octanol–water partition coefficient (Wildman–Crippen LogP) is 5.47. The van der Waals surface area contributed by atoms with Gasteiger partial charge >= 0.3 is 0 Å². The highest BCUT2D eigenvalue weighted by Crippen LogP contribution is 2.27. The first-order chi connectivity index (χ1) is 16.9. The van der Waals surface area contributed by atoms with Gasteiger partial charge in [-0.2, -0.15) is 0 Å². The average molecular weight is 487 g/mol. The van der Waals surface area contributed by atoms with Crippen molar-refractivity contribution < 1.29 is 14.1 Å². The van der Waals surface area contributed by atoms with Gasteiger partial charge in [0.25, 0.3) is 11.8 Å². The average Bonchev–Trinajstić information content (AvgIpc) is 3.19. The van der Waals surface area contributed by atoms with Gasteiger partial charge in [0, 0.05) is 35.3 Å². The number of hydrogen-bond acceptors (Lipinski definition) is 6. The van der Waals surface area contributed by atoms with Crippen molar-refractivity contribution in [2.24, 2.45) is 0 Å². The lowest BCUT2D eigenvalue weighted by atomic mass is 10.1. The third kappa shape index (κ3) is 6.16. The molecule has 2 amide bonds. The quantitative estimate of drug-likeness (QED) is 0.321. The van der Waals surface area contributed by atoms with E-state index < -0.39 is 0 Å². The van der Waals surface area contributed by atoms with E-state index in [9.17, 15) is 9.59 Å². The second kappa shape index (κ2) is 11.0. The van der Waals surface area contributed by atoms with Gasteiger partial charge in [-0.1, -0.05) is 35.0 Å². The van der Waals surface area contributed by atoms with E-state index in [4.69, 9.17) is 4.52 Å². The van der Waals surface area contributed by atoms with Gasteiger partial charge in [-0.25, -0.2) is 4.98 Å². The Bertz CT molecular complexity index is 1330. The van der Waals surface area contributed by atoms with E-state index in [0.717, 1.165) is 28.1 Å². The maximum absolute atomic E-state index is 12.9. The van der Waals surface area contributed by atoms with Gasteiger partial charge in [-0.3, -0.25) is 9.59 Å². The Hall–Kier alpha value is -3.91. The predicted molar refractivity (Wildman–Crippen MR) is 137 cm³/mol.